The van der Waals surface area contributed by atoms with Crippen LogP contribution in [0.25, 0.3) is 11.1 Å². The molecule has 8 heteroatoms. The molecule has 2 aromatic rings. The summed E-state index contributed by atoms with van der Waals surface area (Å²) < 4.78 is 53.0. The molecule has 0 aliphatic carbocycles. The second kappa shape index (κ2) is 7.30. The predicted octanol–water partition coefficient (Wildman–Crippen LogP) is 3.25. The van der Waals surface area contributed by atoms with E-state index in [0.29, 0.717) is 0 Å². The molecule has 0 aromatic heterocycles. The van der Waals surface area contributed by atoms with Crippen molar-refractivity contribution < 1.29 is 32.2 Å². The minimum absolute atomic E-state index is 0.0272. The molecule has 1 aliphatic rings. The van der Waals surface area contributed by atoms with Gasteiger partial charge in [0.05, 0.1) is 11.3 Å². The largest absolute Gasteiger partial charge is 0.425 e. The van der Waals surface area contributed by atoms with Crippen LogP contribution in [0.1, 0.15) is 30.0 Å². The van der Waals surface area contributed by atoms with Gasteiger partial charge in [-0.2, -0.15) is 0 Å². The monoisotopic (exact) mass is 394 g/mol. The van der Waals surface area contributed by atoms with Crippen LogP contribution in [0.3, 0.4) is 0 Å². The summed E-state index contributed by atoms with van der Waals surface area (Å²) in [7, 11) is 0. The molecule has 3 rings (SSSR count). The number of aliphatic hydroxyl groups is 1. The van der Waals surface area contributed by atoms with Crippen molar-refractivity contribution in [2.45, 2.75) is 24.9 Å². The van der Waals surface area contributed by atoms with Gasteiger partial charge in [-0.3, -0.25) is 0 Å². The van der Waals surface area contributed by atoms with Gasteiger partial charge < -0.3 is 14.4 Å². The third kappa shape index (κ3) is 3.69. The number of halogens is 2. The summed E-state index contributed by atoms with van der Waals surface area (Å²) >= 11 is -2.14. The number of esters is 1. The second-order valence-electron chi connectivity index (χ2n) is 6.06. The zero-order valence-electron chi connectivity index (χ0n) is 14.2. The fourth-order valence-electron chi connectivity index (χ4n) is 3.02. The summed E-state index contributed by atoms with van der Waals surface area (Å²) in [6.07, 6.45) is -0.0272. The number of hydrogen-bond acceptors (Lipinski definition) is 4. The Hall–Kier alpha value is -2.42. The Kier molecular flexibility index (Phi) is 5.23. The summed E-state index contributed by atoms with van der Waals surface area (Å²) in [6.45, 7) is 1.57. The molecule has 2 atom stereocenters. The molecule has 1 heterocycles. The van der Waals surface area contributed by atoms with Crippen molar-refractivity contribution in [2.24, 2.45) is 0 Å². The number of rotatable bonds is 5. The normalized spacial score (nSPS) is 20.7. The van der Waals surface area contributed by atoms with Gasteiger partial charge in [-0.1, -0.05) is 31.2 Å². The van der Waals surface area contributed by atoms with Gasteiger partial charge >= 0.3 is 5.97 Å². The maximum Gasteiger partial charge on any atom is 0.342 e. The van der Waals surface area contributed by atoms with Crippen molar-refractivity contribution in [2.75, 3.05) is 0 Å². The SMILES string of the molecule is CCC1(O)OC(=O)C(c2ccc(F)cc2)=C1c1ccc(CS(=O)O)cc1F. The van der Waals surface area contributed by atoms with Crippen LogP contribution in [0.2, 0.25) is 0 Å². The number of carbonyl (C=O) groups excluding carboxylic acids is 1. The molecular formula is C19H16F2O5S. The zero-order chi connectivity index (χ0) is 19.8. The van der Waals surface area contributed by atoms with Gasteiger partial charge in [0.1, 0.15) is 11.6 Å². The van der Waals surface area contributed by atoms with Gasteiger partial charge in [0.15, 0.2) is 11.1 Å². The molecule has 2 aromatic carbocycles. The third-order valence-electron chi connectivity index (χ3n) is 4.31. The van der Waals surface area contributed by atoms with Gasteiger partial charge in [0.25, 0.3) is 0 Å². The zero-order valence-corrected chi connectivity index (χ0v) is 15.1. The average molecular weight is 394 g/mol. The lowest BCUT2D eigenvalue weighted by atomic mass is 9.89. The van der Waals surface area contributed by atoms with Gasteiger partial charge in [-0.15, -0.1) is 0 Å². The van der Waals surface area contributed by atoms with E-state index in [-0.39, 0.29) is 40.0 Å². The highest BCUT2D eigenvalue weighted by Gasteiger charge is 2.47. The predicted molar refractivity (Wildman–Crippen MR) is 95.4 cm³/mol. The fourth-order valence-corrected chi connectivity index (χ4v) is 3.48. The molecule has 142 valence electrons. The summed E-state index contributed by atoms with van der Waals surface area (Å²) in [5, 5.41) is 10.8. The van der Waals surface area contributed by atoms with Crippen molar-refractivity contribution in [1.82, 2.24) is 0 Å². The molecule has 0 amide bonds. The van der Waals surface area contributed by atoms with E-state index in [1.807, 2.05) is 0 Å². The standard InChI is InChI=1S/C19H16F2O5S/c1-2-19(23)17(14-8-3-11(9-15(14)21)10-27(24)25)16(18(22)26-19)12-4-6-13(20)7-5-12/h3-9,23H,2,10H2,1H3,(H,24,25). The first-order valence-electron chi connectivity index (χ1n) is 8.08. The van der Waals surface area contributed by atoms with Crippen LogP contribution >= 0.6 is 0 Å². The van der Waals surface area contributed by atoms with Crippen LogP contribution in [0.5, 0.6) is 0 Å². The molecule has 0 fully saturated rings. The lowest BCUT2D eigenvalue weighted by molar-refractivity contribution is -0.175. The molecule has 0 saturated carbocycles. The molecule has 27 heavy (non-hydrogen) atoms. The van der Waals surface area contributed by atoms with Crippen LogP contribution < -0.4 is 0 Å². The Labute approximate surface area is 156 Å². The summed E-state index contributed by atoms with van der Waals surface area (Å²) in [5.41, 5.74) is 0.372. The van der Waals surface area contributed by atoms with Gasteiger partial charge in [0, 0.05) is 17.6 Å². The summed E-state index contributed by atoms with van der Waals surface area (Å²) in [4.78, 5) is 12.4. The lowest BCUT2D eigenvalue weighted by Crippen LogP contribution is -2.30. The summed E-state index contributed by atoms with van der Waals surface area (Å²) in [5.74, 6) is -4.43. The smallest absolute Gasteiger partial charge is 0.342 e. The molecule has 0 radical (unpaired) electrons. The minimum atomic E-state index is -2.14. The third-order valence-corrected chi connectivity index (χ3v) is 4.89. The molecule has 0 bridgehead atoms. The highest BCUT2D eigenvalue weighted by Crippen LogP contribution is 2.45. The van der Waals surface area contributed by atoms with Gasteiger partial charge in [0.2, 0.25) is 5.79 Å². The van der Waals surface area contributed by atoms with E-state index in [1.165, 1.54) is 24.3 Å². The van der Waals surface area contributed by atoms with Crippen molar-refractivity contribution in [3.05, 3.63) is 70.8 Å². The summed E-state index contributed by atoms with van der Waals surface area (Å²) in [6, 6.07) is 8.79. The molecule has 0 saturated heterocycles. The van der Waals surface area contributed by atoms with Crippen LogP contribution in [-0.4, -0.2) is 25.6 Å². The highest BCUT2D eigenvalue weighted by atomic mass is 32.2. The van der Waals surface area contributed by atoms with Crippen LogP contribution in [0, 0.1) is 11.6 Å². The number of benzene rings is 2. The quantitative estimate of drug-likeness (QED) is 0.601. The molecule has 1 aliphatic heterocycles. The van der Waals surface area contributed by atoms with E-state index in [4.69, 9.17) is 9.29 Å². The fraction of sp³-hybridized carbons (Fsp3) is 0.211. The number of ether oxygens (including phenoxy) is 1. The highest BCUT2D eigenvalue weighted by molar-refractivity contribution is 7.78. The van der Waals surface area contributed by atoms with E-state index in [2.05, 4.69) is 0 Å². The van der Waals surface area contributed by atoms with E-state index < -0.39 is 34.5 Å². The second-order valence-corrected chi connectivity index (χ2v) is 7.00. The van der Waals surface area contributed by atoms with Gasteiger partial charge in [-0.25, -0.2) is 17.8 Å². The van der Waals surface area contributed by atoms with Crippen LogP contribution in [0.4, 0.5) is 8.78 Å². The minimum Gasteiger partial charge on any atom is -0.425 e. The maximum absolute atomic E-state index is 14.8. The van der Waals surface area contributed by atoms with Gasteiger partial charge in [-0.05, 0) is 29.3 Å². The Morgan fingerprint density at radius 1 is 1.15 bits per heavy atom. The first kappa shape index (κ1) is 19.3. The Morgan fingerprint density at radius 3 is 2.37 bits per heavy atom. The Balaban J connectivity index is 2.21. The molecule has 5 nitrogen and oxygen atoms in total. The van der Waals surface area contributed by atoms with Crippen molar-refractivity contribution >= 4 is 28.2 Å². The van der Waals surface area contributed by atoms with E-state index >= 15 is 0 Å². The molecule has 2 N–H and O–H groups in total. The van der Waals surface area contributed by atoms with E-state index in [0.717, 1.165) is 18.2 Å². The number of hydrogen-bond donors (Lipinski definition) is 2. The van der Waals surface area contributed by atoms with Crippen molar-refractivity contribution in [3.63, 3.8) is 0 Å². The van der Waals surface area contributed by atoms with Crippen molar-refractivity contribution in [1.29, 1.82) is 0 Å². The molecular weight excluding hydrogens is 378 g/mol. The van der Waals surface area contributed by atoms with E-state index in [1.54, 1.807) is 6.92 Å². The first-order valence-corrected chi connectivity index (χ1v) is 9.35. The number of carbonyl (C=O) groups is 1. The first-order chi connectivity index (χ1) is 12.7. The number of cyclic esters (lactones) is 1. The molecule has 0 spiro atoms. The van der Waals surface area contributed by atoms with Crippen LogP contribution in [-0.2, 0) is 26.4 Å². The Bertz CT molecular complexity index is 955. The maximum atomic E-state index is 14.8. The molecule has 2 unspecified atom stereocenters. The van der Waals surface area contributed by atoms with Crippen LogP contribution in [0.15, 0.2) is 42.5 Å². The topological polar surface area (TPSA) is 83.8 Å². The Morgan fingerprint density at radius 2 is 1.81 bits per heavy atom. The van der Waals surface area contributed by atoms with E-state index in [9.17, 15) is 22.9 Å². The van der Waals surface area contributed by atoms with Crippen molar-refractivity contribution in [3.8, 4) is 0 Å². The lowest BCUT2D eigenvalue weighted by Gasteiger charge is -2.24. The average Bonchev–Trinajstić information content (AvgIpc) is 2.87.